The number of hydrogen-bond donors (Lipinski definition) is 1. The summed E-state index contributed by atoms with van der Waals surface area (Å²) in [5, 5.41) is 0. The van der Waals surface area contributed by atoms with Crippen LogP contribution in [0.15, 0.2) is 35.6 Å². The fourth-order valence-electron chi connectivity index (χ4n) is 1.99. The van der Waals surface area contributed by atoms with Crippen LogP contribution in [0.25, 0.3) is 22.6 Å². The SMILES string of the molecule is Cc1cnc2c(c1)nc(-c1ccncc1S)n2C. The summed E-state index contributed by atoms with van der Waals surface area (Å²) in [7, 11) is 1.96. The molecule has 3 aromatic rings. The molecule has 0 unspecified atom stereocenters. The van der Waals surface area contributed by atoms with Crippen LogP contribution in [0.1, 0.15) is 5.56 Å². The summed E-state index contributed by atoms with van der Waals surface area (Å²) >= 11 is 4.42. The van der Waals surface area contributed by atoms with Gasteiger partial charge in [-0.1, -0.05) is 0 Å². The predicted octanol–water partition coefficient (Wildman–Crippen LogP) is 2.63. The van der Waals surface area contributed by atoms with E-state index in [0.29, 0.717) is 0 Å². The summed E-state index contributed by atoms with van der Waals surface area (Å²) in [6, 6.07) is 3.95. The molecule has 0 aliphatic heterocycles. The van der Waals surface area contributed by atoms with Crippen molar-refractivity contribution in [2.75, 3.05) is 0 Å². The molecular weight excluding hydrogens is 244 g/mol. The van der Waals surface area contributed by atoms with Crippen LogP contribution < -0.4 is 0 Å². The summed E-state index contributed by atoms with van der Waals surface area (Å²) in [4.78, 5) is 13.9. The molecule has 18 heavy (non-hydrogen) atoms. The van der Waals surface area contributed by atoms with Crippen molar-refractivity contribution in [3.63, 3.8) is 0 Å². The molecule has 4 nitrogen and oxygen atoms in total. The molecule has 0 amide bonds. The van der Waals surface area contributed by atoms with Gasteiger partial charge in [0.25, 0.3) is 0 Å². The molecule has 3 rings (SSSR count). The first-order chi connectivity index (χ1) is 8.66. The van der Waals surface area contributed by atoms with E-state index < -0.39 is 0 Å². The van der Waals surface area contributed by atoms with Crippen LogP contribution in [0.2, 0.25) is 0 Å². The molecule has 3 heterocycles. The van der Waals surface area contributed by atoms with Crippen LogP contribution in [-0.2, 0) is 7.05 Å². The van der Waals surface area contributed by atoms with Gasteiger partial charge >= 0.3 is 0 Å². The number of imidazole rings is 1. The number of hydrogen-bond acceptors (Lipinski definition) is 4. The van der Waals surface area contributed by atoms with Gasteiger partial charge < -0.3 is 4.57 Å². The van der Waals surface area contributed by atoms with Crippen molar-refractivity contribution in [1.29, 1.82) is 0 Å². The van der Waals surface area contributed by atoms with E-state index in [4.69, 9.17) is 0 Å². The van der Waals surface area contributed by atoms with Gasteiger partial charge in [0.05, 0.1) is 0 Å². The van der Waals surface area contributed by atoms with Gasteiger partial charge in [-0.3, -0.25) is 4.98 Å². The van der Waals surface area contributed by atoms with E-state index in [2.05, 4.69) is 27.6 Å². The van der Waals surface area contributed by atoms with Crippen LogP contribution in [0.5, 0.6) is 0 Å². The highest BCUT2D eigenvalue weighted by atomic mass is 32.1. The Labute approximate surface area is 110 Å². The van der Waals surface area contributed by atoms with Crippen molar-refractivity contribution < 1.29 is 0 Å². The summed E-state index contributed by atoms with van der Waals surface area (Å²) in [6.07, 6.45) is 5.31. The van der Waals surface area contributed by atoms with Gasteiger partial charge in [0, 0.05) is 36.1 Å². The van der Waals surface area contributed by atoms with E-state index in [9.17, 15) is 0 Å². The monoisotopic (exact) mass is 256 g/mol. The second kappa shape index (κ2) is 4.10. The molecule has 0 bridgehead atoms. The quantitative estimate of drug-likeness (QED) is 0.681. The molecule has 3 aromatic heterocycles. The largest absolute Gasteiger partial charge is 0.312 e. The van der Waals surface area contributed by atoms with Crippen molar-refractivity contribution in [2.24, 2.45) is 7.05 Å². The highest BCUT2D eigenvalue weighted by molar-refractivity contribution is 7.80. The molecule has 0 N–H and O–H groups in total. The zero-order valence-electron chi connectivity index (χ0n) is 10.1. The third kappa shape index (κ3) is 1.67. The molecule has 0 aliphatic rings. The first kappa shape index (κ1) is 11.2. The fourth-order valence-corrected chi connectivity index (χ4v) is 2.23. The fraction of sp³-hybridized carbons (Fsp3) is 0.154. The maximum Gasteiger partial charge on any atom is 0.160 e. The van der Waals surface area contributed by atoms with Crippen LogP contribution in [-0.4, -0.2) is 19.5 Å². The minimum atomic E-state index is 0.813. The van der Waals surface area contributed by atoms with E-state index in [-0.39, 0.29) is 0 Å². The van der Waals surface area contributed by atoms with Crippen molar-refractivity contribution in [3.8, 4) is 11.4 Å². The Morgan fingerprint density at radius 3 is 2.89 bits per heavy atom. The highest BCUT2D eigenvalue weighted by Gasteiger charge is 2.12. The molecule has 90 valence electrons. The Kier molecular flexibility index (Phi) is 2.56. The number of pyridine rings is 2. The molecule has 0 fully saturated rings. The van der Waals surface area contributed by atoms with Crippen molar-refractivity contribution >= 4 is 23.8 Å². The summed E-state index contributed by atoms with van der Waals surface area (Å²) in [5.74, 6) is 0.857. The average Bonchev–Trinajstić information content (AvgIpc) is 2.67. The Morgan fingerprint density at radius 1 is 1.28 bits per heavy atom. The molecule has 0 radical (unpaired) electrons. The standard InChI is InChI=1S/C13H12N4S/c1-8-5-10-13(15-6-8)17(2)12(16-10)9-3-4-14-7-11(9)18/h3-7,18H,1-2H3. The Balaban J connectivity index is 2.31. The van der Waals surface area contributed by atoms with Crippen molar-refractivity contribution in [3.05, 3.63) is 36.3 Å². The highest BCUT2D eigenvalue weighted by Crippen LogP contribution is 2.27. The van der Waals surface area contributed by atoms with Gasteiger partial charge in [-0.2, -0.15) is 0 Å². The molecular formula is C13H12N4S. The number of thiol groups is 1. The van der Waals surface area contributed by atoms with Crippen LogP contribution in [0.4, 0.5) is 0 Å². The number of aryl methyl sites for hydroxylation is 2. The lowest BCUT2D eigenvalue weighted by molar-refractivity contribution is 0.936. The molecule has 0 saturated carbocycles. The van der Waals surface area contributed by atoms with Crippen LogP contribution >= 0.6 is 12.6 Å². The van der Waals surface area contributed by atoms with Gasteiger partial charge in [0.1, 0.15) is 11.3 Å². The van der Waals surface area contributed by atoms with E-state index in [0.717, 1.165) is 33.0 Å². The third-order valence-corrected chi connectivity index (χ3v) is 3.24. The zero-order chi connectivity index (χ0) is 12.7. The van der Waals surface area contributed by atoms with E-state index >= 15 is 0 Å². The van der Waals surface area contributed by atoms with E-state index in [1.54, 1.807) is 12.4 Å². The third-order valence-electron chi connectivity index (χ3n) is 2.89. The number of rotatable bonds is 1. The Bertz CT molecular complexity index is 733. The topological polar surface area (TPSA) is 43.6 Å². The number of aromatic nitrogens is 4. The normalized spacial score (nSPS) is 11.1. The number of nitrogens with zero attached hydrogens (tertiary/aromatic N) is 4. The molecule has 5 heteroatoms. The maximum absolute atomic E-state index is 4.63. The van der Waals surface area contributed by atoms with Crippen molar-refractivity contribution in [1.82, 2.24) is 19.5 Å². The summed E-state index contributed by atoms with van der Waals surface area (Å²) in [6.45, 7) is 2.01. The molecule has 0 spiro atoms. The molecule has 0 aromatic carbocycles. The van der Waals surface area contributed by atoms with Crippen molar-refractivity contribution in [2.45, 2.75) is 11.8 Å². The summed E-state index contributed by atoms with van der Waals surface area (Å²) in [5.41, 5.74) is 3.84. The first-order valence-electron chi connectivity index (χ1n) is 5.59. The van der Waals surface area contributed by atoms with Crippen LogP contribution in [0, 0.1) is 6.92 Å². The second-order valence-corrected chi connectivity index (χ2v) is 4.72. The predicted molar refractivity (Wildman–Crippen MR) is 73.7 cm³/mol. The van der Waals surface area contributed by atoms with Gasteiger partial charge in [0.15, 0.2) is 5.65 Å². The minimum Gasteiger partial charge on any atom is -0.312 e. The van der Waals surface area contributed by atoms with Crippen LogP contribution in [0.3, 0.4) is 0 Å². The van der Waals surface area contributed by atoms with E-state index in [1.165, 1.54) is 0 Å². The average molecular weight is 256 g/mol. The van der Waals surface area contributed by atoms with Gasteiger partial charge in [0.2, 0.25) is 0 Å². The smallest absolute Gasteiger partial charge is 0.160 e. The Hall–Kier alpha value is -1.88. The zero-order valence-corrected chi connectivity index (χ0v) is 11.0. The van der Waals surface area contributed by atoms with E-state index in [1.807, 2.05) is 36.9 Å². The first-order valence-corrected chi connectivity index (χ1v) is 6.04. The maximum atomic E-state index is 4.63. The van der Waals surface area contributed by atoms with Gasteiger partial charge in [-0.15, -0.1) is 12.6 Å². The lowest BCUT2D eigenvalue weighted by Gasteiger charge is -2.03. The minimum absolute atomic E-state index is 0.813. The van der Waals surface area contributed by atoms with Gasteiger partial charge in [-0.05, 0) is 24.6 Å². The molecule has 0 aliphatic carbocycles. The molecule has 0 saturated heterocycles. The van der Waals surface area contributed by atoms with Gasteiger partial charge in [-0.25, -0.2) is 9.97 Å². The lowest BCUT2D eigenvalue weighted by atomic mass is 10.2. The lowest BCUT2D eigenvalue weighted by Crippen LogP contribution is -1.94. The summed E-state index contributed by atoms with van der Waals surface area (Å²) < 4.78 is 1.98. The number of fused-ring (bicyclic) bond motifs is 1. The second-order valence-electron chi connectivity index (χ2n) is 4.24. The molecule has 0 atom stereocenters. The Morgan fingerprint density at radius 2 is 2.11 bits per heavy atom.